The molecule has 0 aliphatic carbocycles. The Labute approximate surface area is 165 Å². The van der Waals surface area contributed by atoms with Crippen LogP contribution < -0.4 is 29.8 Å². The first-order valence-corrected chi connectivity index (χ1v) is 8.60. The van der Waals surface area contributed by atoms with Crippen molar-refractivity contribution in [2.45, 2.75) is 6.42 Å². The average molecular weight is 396 g/mol. The van der Waals surface area contributed by atoms with E-state index < -0.39 is 18.2 Å². The molecule has 2 aliphatic rings. The molecule has 2 aromatic carbocycles. The second-order valence-corrected chi connectivity index (χ2v) is 5.99. The number of carbonyl (C=O) groups excluding carboxylic acids is 2. The maximum Gasteiger partial charge on any atom is 0.249 e. The normalized spacial score (nSPS) is 13.8. The lowest BCUT2D eigenvalue weighted by Crippen LogP contribution is -2.27. The zero-order valence-corrected chi connectivity index (χ0v) is 15.1. The fourth-order valence-corrected chi connectivity index (χ4v) is 2.57. The molecule has 0 atom stereocenters. The number of hydrogen-bond donors (Lipinski definition) is 2. The summed E-state index contributed by atoms with van der Waals surface area (Å²) in [5.41, 5.74) is 5.99. The standard InChI is InChI=1S/C19H16N4O6/c24-18(22-20-8-12-1-3-14-16(5-12)28-10-26-14)7-19(25)23-21-9-13-2-4-15-17(6-13)29-11-27-15/h1-6,8-9H,7,10-11H2,(H,22,24)(H,23,25)/b20-8+,21-9+. The lowest BCUT2D eigenvalue weighted by molar-refractivity contribution is -0.129. The third-order valence-electron chi connectivity index (χ3n) is 3.92. The van der Waals surface area contributed by atoms with E-state index in [9.17, 15) is 9.59 Å². The maximum absolute atomic E-state index is 11.8. The Hall–Kier alpha value is -4.08. The van der Waals surface area contributed by atoms with Crippen LogP contribution in [0.15, 0.2) is 46.6 Å². The summed E-state index contributed by atoms with van der Waals surface area (Å²) in [5.74, 6) is 1.39. The van der Waals surface area contributed by atoms with E-state index in [1.165, 1.54) is 12.4 Å². The molecule has 0 bridgehead atoms. The van der Waals surface area contributed by atoms with Crippen LogP contribution in [-0.2, 0) is 9.59 Å². The molecule has 4 rings (SSSR count). The van der Waals surface area contributed by atoms with Gasteiger partial charge in [0.05, 0.1) is 12.4 Å². The summed E-state index contributed by atoms with van der Waals surface area (Å²) in [6.45, 7) is 0.359. The molecule has 2 aliphatic heterocycles. The molecule has 29 heavy (non-hydrogen) atoms. The molecule has 2 amide bonds. The van der Waals surface area contributed by atoms with E-state index in [0.717, 1.165) is 0 Å². The van der Waals surface area contributed by atoms with Crippen molar-refractivity contribution in [1.82, 2.24) is 10.9 Å². The monoisotopic (exact) mass is 396 g/mol. The summed E-state index contributed by atoms with van der Waals surface area (Å²) in [7, 11) is 0. The molecule has 2 aromatic rings. The van der Waals surface area contributed by atoms with Crippen molar-refractivity contribution >= 4 is 24.2 Å². The van der Waals surface area contributed by atoms with Gasteiger partial charge in [0, 0.05) is 0 Å². The molecule has 2 heterocycles. The molecule has 0 spiro atoms. The van der Waals surface area contributed by atoms with E-state index in [-0.39, 0.29) is 13.6 Å². The minimum Gasteiger partial charge on any atom is -0.454 e. The van der Waals surface area contributed by atoms with Crippen molar-refractivity contribution in [2.75, 3.05) is 13.6 Å². The molecular weight excluding hydrogens is 380 g/mol. The van der Waals surface area contributed by atoms with Gasteiger partial charge in [0.1, 0.15) is 6.42 Å². The van der Waals surface area contributed by atoms with Crippen LogP contribution in [0.5, 0.6) is 23.0 Å². The Morgan fingerprint density at radius 3 is 1.69 bits per heavy atom. The van der Waals surface area contributed by atoms with Gasteiger partial charge in [0.2, 0.25) is 25.4 Å². The zero-order chi connectivity index (χ0) is 20.1. The van der Waals surface area contributed by atoms with Crippen LogP contribution in [0.25, 0.3) is 0 Å². The van der Waals surface area contributed by atoms with Crippen molar-refractivity contribution < 1.29 is 28.5 Å². The minimum atomic E-state index is -0.572. The second kappa shape index (κ2) is 8.30. The first kappa shape index (κ1) is 18.3. The van der Waals surface area contributed by atoms with Gasteiger partial charge in [0.15, 0.2) is 23.0 Å². The maximum atomic E-state index is 11.8. The minimum absolute atomic E-state index is 0.179. The number of rotatable bonds is 6. The molecule has 0 fully saturated rings. The lowest BCUT2D eigenvalue weighted by Gasteiger charge is -2.00. The number of ether oxygens (including phenoxy) is 4. The molecule has 0 aromatic heterocycles. The fourth-order valence-electron chi connectivity index (χ4n) is 2.57. The zero-order valence-electron chi connectivity index (χ0n) is 15.1. The summed E-state index contributed by atoms with van der Waals surface area (Å²) in [5, 5.41) is 7.63. The van der Waals surface area contributed by atoms with E-state index in [2.05, 4.69) is 21.1 Å². The summed E-state index contributed by atoms with van der Waals surface area (Å²) in [4.78, 5) is 23.6. The first-order valence-electron chi connectivity index (χ1n) is 8.60. The highest BCUT2D eigenvalue weighted by Gasteiger charge is 2.13. The van der Waals surface area contributed by atoms with Crippen LogP contribution in [0.1, 0.15) is 17.5 Å². The summed E-state index contributed by atoms with van der Waals surface area (Å²) in [6, 6.07) is 10.5. The quantitative estimate of drug-likeness (QED) is 0.429. The van der Waals surface area contributed by atoms with E-state index in [1.807, 2.05) is 0 Å². The Morgan fingerprint density at radius 1 is 0.759 bits per heavy atom. The van der Waals surface area contributed by atoms with Crippen molar-refractivity contribution in [1.29, 1.82) is 0 Å². The number of fused-ring (bicyclic) bond motifs is 2. The van der Waals surface area contributed by atoms with Gasteiger partial charge in [-0.15, -0.1) is 0 Å². The number of carbonyl (C=O) groups is 2. The summed E-state index contributed by atoms with van der Waals surface area (Å²) < 4.78 is 21.0. The average Bonchev–Trinajstić information content (AvgIpc) is 3.36. The third kappa shape index (κ3) is 4.61. The second-order valence-electron chi connectivity index (χ2n) is 5.99. The van der Waals surface area contributed by atoms with Crippen molar-refractivity contribution in [3.8, 4) is 23.0 Å². The van der Waals surface area contributed by atoms with Gasteiger partial charge >= 0.3 is 0 Å². The summed E-state index contributed by atoms with van der Waals surface area (Å²) >= 11 is 0. The Balaban J connectivity index is 1.21. The predicted octanol–water partition coefficient (Wildman–Crippen LogP) is 1.13. The Kier molecular flexibility index (Phi) is 5.23. The molecule has 2 N–H and O–H groups in total. The van der Waals surface area contributed by atoms with Crippen LogP contribution in [0.2, 0.25) is 0 Å². The van der Waals surface area contributed by atoms with Gasteiger partial charge in [-0.2, -0.15) is 10.2 Å². The van der Waals surface area contributed by atoms with Crippen LogP contribution in [0, 0.1) is 0 Å². The number of nitrogens with zero attached hydrogens (tertiary/aromatic N) is 2. The molecule has 148 valence electrons. The smallest absolute Gasteiger partial charge is 0.249 e. The lowest BCUT2D eigenvalue weighted by atomic mass is 10.2. The SMILES string of the molecule is O=C(CC(=O)N/N=C/c1ccc2c(c1)OCO2)N/N=C/c1ccc2c(c1)OCO2. The number of nitrogens with one attached hydrogen (secondary N) is 2. The van der Waals surface area contributed by atoms with Crippen LogP contribution >= 0.6 is 0 Å². The largest absolute Gasteiger partial charge is 0.454 e. The van der Waals surface area contributed by atoms with Gasteiger partial charge in [-0.05, 0) is 47.5 Å². The van der Waals surface area contributed by atoms with E-state index in [0.29, 0.717) is 34.1 Å². The van der Waals surface area contributed by atoms with Gasteiger partial charge in [-0.1, -0.05) is 0 Å². The molecule has 0 saturated heterocycles. The van der Waals surface area contributed by atoms with Gasteiger partial charge in [-0.25, -0.2) is 10.9 Å². The molecule has 0 unspecified atom stereocenters. The number of hydrazone groups is 2. The predicted molar refractivity (Wildman–Crippen MR) is 101 cm³/mol. The summed E-state index contributed by atoms with van der Waals surface area (Å²) in [6.07, 6.45) is 2.46. The van der Waals surface area contributed by atoms with Crippen molar-refractivity contribution in [3.63, 3.8) is 0 Å². The van der Waals surface area contributed by atoms with Crippen molar-refractivity contribution in [3.05, 3.63) is 47.5 Å². The molecule has 10 heteroatoms. The van der Waals surface area contributed by atoms with E-state index in [4.69, 9.17) is 18.9 Å². The van der Waals surface area contributed by atoms with Crippen LogP contribution in [-0.4, -0.2) is 37.8 Å². The Morgan fingerprint density at radius 2 is 1.21 bits per heavy atom. The number of benzene rings is 2. The number of hydrogen-bond acceptors (Lipinski definition) is 8. The highest BCUT2D eigenvalue weighted by molar-refractivity contribution is 5.97. The Bertz CT molecular complexity index is 925. The number of amides is 2. The first-order chi connectivity index (χ1) is 14.2. The fraction of sp³-hybridized carbons (Fsp3) is 0.158. The molecule has 10 nitrogen and oxygen atoms in total. The molecular formula is C19H16N4O6. The topological polar surface area (TPSA) is 120 Å². The van der Waals surface area contributed by atoms with Crippen LogP contribution in [0.4, 0.5) is 0 Å². The highest BCUT2D eigenvalue weighted by Crippen LogP contribution is 2.32. The van der Waals surface area contributed by atoms with E-state index in [1.54, 1.807) is 36.4 Å². The van der Waals surface area contributed by atoms with Crippen molar-refractivity contribution in [2.24, 2.45) is 10.2 Å². The van der Waals surface area contributed by atoms with Crippen LogP contribution in [0.3, 0.4) is 0 Å². The van der Waals surface area contributed by atoms with E-state index >= 15 is 0 Å². The molecule has 0 saturated carbocycles. The molecule has 0 radical (unpaired) electrons. The van der Waals surface area contributed by atoms with Gasteiger partial charge in [-0.3, -0.25) is 9.59 Å². The van der Waals surface area contributed by atoms with Gasteiger partial charge < -0.3 is 18.9 Å². The van der Waals surface area contributed by atoms with Gasteiger partial charge in [0.25, 0.3) is 0 Å². The highest BCUT2D eigenvalue weighted by atomic mass is 16.7. The third-order valence-corrected chi connectivity index (χ3v) is 3.92.